The van der Waals surface area contributed by atoms with Crippen molar-refractivity contribution >= 4 is 34.9 Å². The zero-order valence-corrected chi connectivity index (χ0v) is 13.2. The minimum atomic E-state index is 0.729. The number of hydrogen-bond donors (Lipinski definition) is 1. The number of ether oxygens (including phenoxy) is 1. The molecule has 0 saturated carbocycles. The fourth-order valence-corrected chi connectivity index (χ4v) is 2.81. The van der Waals surface area contributed by atoms with Crippen LogP contribution in [0, 0.1) is 4.77 Å². The molecule has 5 heteroatoms. The molecule has 1 heterocycles. The molecule has 21 heavy (non-hydrogen) atoms. The Morgan fingerprint density at radius 2 is 1.95 bits per heavy atom. The topological polar surface area (TPSA) is 29.9 Å². The van der Waals surface area contributed by atoms with Crippen molar-refractivity contribution in [3.8, 4) is 5.75 Å². The monoisotopic (exact) mass is 318 g/mol. The summed E-state index contributed by atoms with van der Waals surface area (Å²) in [5, 5.41) is 0.759. The number of halogens is 1. The van der Waals surface area contributed by atoms with Gasteiger partial charge >= 0.3 is 0 Å². The van der Waals surface area contributed by atoms with Gasteiger partial charge in [-0.05, 0) is 48.5 Å². The van der Waals surface area contributed by atoms with Crippen LogP contribution in [0.3, 0.4) is 0 Å². The molecule has 0 fully saturated rings. The van der Waals surface area contributed by atoms with E-state index in [1.54, 1.807) is 7.11 Å². The molecule has 3 rings (SSSR count). The highest BCUT2D eigenvalue weighted by Crippen LogP contribution is 2.21. The number of methoxy groups -OCH3 is 1. The third kappa shape index (κ3) is 2.96. The SMILES string of the molecule is COc1ccc2c(c1)[nH]c(=S)n2CCc1ccc(Cl)cc1. The van der Waals surface area contributed by atoms with Gasteiger partial charge in [0.05, 0.1) is 18.1 Å². The van der Waals surface area contributed by atoms with Gasteiger partial charge in [-0.1, -0.05) is 23.7 Å². The molecule has 3 nitrogen and oxygen atoms in total. The predicted molar refractivity (Wildman–Crippen MR) is 88.8 cm³/mol. The van der Waals surface area contributed by atoms with Gasteiger partial charge in [-0.2, -0.15) is 0 Å². The van der Waals surface area contributed by atoms with Crippen molar-refractivity contribution in [2.24, 2.45) is 0 Å². The van der Waals surface area contributed by atoms with E-state index in [4.69, 9.17) is 28.6 Å². The Kier molecular flexibility index (Phi) is 3.99. The molecular weight excluding hydrogens is 304 g/mol. The highest BCUT2D eigenvalue weighted by molar-refractivity contribution is 7.71. The maximum Gasteiger partial charge on any atom is 0.178 e. The lowest BCUT2D eigenvalue weighted by atomic mass is 10.1. The molecular formula is C16H15ClN2OS. The lowest BCUT2D eigenvalue weighted by molar-refractivity contribution is 0.415. The number of hydrogen-bond acceptors (Lipinski definition) is 2. The zero-order valence-electron chi connectivity index (χ0n) is 11.6. The van der Waals surface area contributed by atoms with Crippen LogP contribution in [0.5, 0.6) is 5.75 Å². The van der Waals surface area contributed by atoms with E-state index in [0.29, 0.717) is 0 Å². The first kappa shape index (κ1) is 14.2. The Bertz CT molecular complexity index is 820. The normalized spacial score (nSPS) is 11.0. The molecule has 0 saturated heterocycles. The summed E-state index contributed by atoms with van der Waals surface area (Å²) in [6.07, 6.45) is 0.907. The van der Waals surface area contributed by atoms with Crippen LogP contribution in [0.2, 0.25) is 5.02 Å². The van der Waals surface area contributed by atoms with E-state index < -0.39 is 0 Å². The molecule has 0 aliphatic carbocycles. The first-order chi connectivity index (χ1) is 10.2. The summed E-state index contributed by atoms with van der Waals surface area (Å²) in [5.41, 5.74) is 3.33. The molecule has 1 aromatic heterocycles. The van der Waals surface area contributed by atoms with Crippen LogP contribution in [0.4, 0.5) is 0 Å². The van der Waals surface area contributed by atoms with Crippen molar-refractivity contribution in [3.63, 3.8) is 0 Å². The van der Waals surface area contributed by atoms with Crippen LogP contribution in [0.15, 0.2) is 42.5 Å². The largest absolute Gasteiger partial charge is 0.497 e. The fraction of sp³-hybridized carbons (Fsp3) is 0.188. The number of aromatic nitrogens is 2. The molecule has 2 aromatic carbocycles. The first-order valence-corrected chi connectivity index (χ1v) is 7.47. The molecule has 0 spiro atoms. The van der Waals surface area contributed by atoms with E-state index >= 15 is 0 Å². The summed E-state index contributed by atoms with van der Waals surface area (Å²) >= 11 is 11.3. The number of H-pyrrole nitrogens is 1. The minimum Gasteiger partial charge on any atom is -0.497 e. The van der Waals surface area contributed by atoms with Crippen molar-refractivity contribution in [1.29, 1.82) is 0 Å². The number of nitrogens with zero attached hydrogens (tertiary/aromatic N) is 1. The Labute approximate surface area is 133 Å². The summed E-state index contributed by atoms with van der Waals surface area (Å²) in [7, 11) is 1.66. The van der Waals surface area contributed by atoms with E-state index in [1.165, 1.54) is 5.56 Å². The Hall–Kier alpha value is -1.78. The number of imidazole rings is 1. The number of rotatable bonds is 4. The second-order valence-corrected chi connectivity index (χ2v) is 5.66. The Balaban J connectivity index is 1.88. The van der Waals surface area contributed by atoms with E-state index in [2.05, 4.69) is 9.55 Å². The van der Waals surface area contributed by atoms with Crippen molar-refractivity contribution in [3.05, 3.63) is 57.8 Å². The summed E-state index contributed by atoms with van der Waals surface area (Å²) < 4.78 is 8.07. The van der Waals surface area contributed by atoms with Gasteiger partial charge in [-0.3, -0.25) is 0 Å². The number of aryl methyl sites for hydroxylation is 2. The van der Waals surface area contributed by atoms with Crippen molar-refractivity contribution in [1.82, 2.24) is 9.55 Å². The van der Waals surface area contributed by atoms with Crippen molar-refractivity contribution in [2.75, 3.05) is 7.11 Å². The molecule has 3 aromatic rings. The highest BCUT2D eigenvalue weighted by atomic mass is 35.5. The molecule has 0 bridgehead atoms. The molecule has 108 valence electrons. The molecule has 0 aliphatic rings. The third-order valence-electron chi connectivity index (χ3n) is 3.52. The van der Waals surface area contributed by atoms with Gasteiger partial charge in [0.1, 0.15) is 5.75 Å². The standard InChI is InChI=1S/C16H15ClN2OS/c1-20-13-6-7-15-14(10-13)18-16(21)19(15)9-8-11-2-4-12(17)5-3-11/h2-7,10H,8-9H2,1H3,(H,18,21). The predicted octanol–water partition coefficient (Wildman–Crippen LogP) is 4.60. The van der Waals surface area contributed by atoms with Gasteiger partial charge in [0.15, 0.2) is 4.77 Å². The molecule has 0 atom stereocenters. The van der Waals surface area contributed by atoms with Gasteiger partial charge in [0.2, 0.25) is 0 Å². The number of fused-ring (bicyclic) bond motifs is 1. The van der Waals surface area contributed by atoms with Gasteiger partial charge < -0.3 is 14.3 Å². The summed E-state index contributed by atoms with van der Waals surface area (Å²) in [4.78, 5) is 3.22. The Morgan fingerprint density at radius 3 is 2.67 bits per heavy atom. The highest BCUT2D eigenvalue weighted by Gasteiger charge is 2.06. The average molecular weight is 319 g/mol. The maximum atomic E-state index is 5.90. The number of benzene rings is 2. The van der Waals surface area contributed by atoms with Crippen LogP contribution in [0.1, 0.15) is 5.56 Å². The molecule has 0 aliphatic heterocycles. The lowest BCUT2D eigenvalue weighted by Crippen LogP contribution is -2.01. The number of nitrogens with one attached hydrogen (secondary N) is 1. The van der Waals surface area contributed by atoms with Crippen LogP contribution in [-0.4, -0.2) is 16.7 Å². The lowest BCUT2D eigenvalue weighted by Gasteiger charge is -2.06. The van der Waals surface area contributed by atoms with E-state index in [0.717, 1.165) is 39.5 Å². The van der Waals surface area contributed by atoms with E-state index in [1.807, 2.05) is 42.5 Å². The summed E-state index contributed by atoms with van der Waals surface area (Å²) in [6.45, 7) is 0.826. The summed E-state index contributed by atoms with van der Waals surface area (Å²) in [5.74, 6) is 0.823. The van der Waals surface area contributed by atoms with Gasteiger partial charge in [0.25, 0.3) is 0 Å². The van der Waals surface area contributed by atoms with Crippen molar-refractivity contribution in [2.45, 2.75) is 13.0 Å². The third-order valence-corrected chi connectivity index (χ3v) is 4.09. The van der Waals surface area contributed by atoms with Crippen LogP contribution in [-0.2, 0) is 13.0 Å². The van der Waals surface area contributed by atoms with Gasteiger partial charge in [-0.25, -0.2) is 0 Å². The second kappa shape index (κ2) is 5.92. The molecule has 0 amide bonds. The number of aromatic amines is 1. The summed E-state index contributed by atoms with van der Waals surface area (Å²) in [6, 6.07) is 13.9. The first-order valence-electron chi connectivity index (χ1n) is 6.68. The van der Waals surface area contributed by atoms with Crippen molar-refractivity contribution < 1.29 is 4.74 Å². The van der Waals surface area contributed by atoms with Gasteiger partial charge in [0, 0.05) is 17.6 Å². The maximum absolute atomic E-state index is 5.90. The molecule has 0 radical (unpaired) electrons. The second-order valence-electron chi connectivity index (χ2n) is 4.84. The fourth-order valence-electron chi connectivity index (χ4n) is 2.38. The minimum absolute atomic E-state index is 0.729. The van der Waals surface area contributed by atoms with Crippen LogP contribution in [0.25, 0.3) is 11.0 Å². The van der Waals surface area contributed by atoms with Crippen LogP contribution < -0.4 is 4.74 Å². The smallest absolute Gasteiger partial charge is 0.178 e. The quantitative estimate of drug-likeness (QED) is 0.712. The molecule has 0 unspecified atom stereocenters. The van der Waals surface area contributed by atoms with Crippen LogP contribution >= 0.6 is 23.8 Å². The average Bonchev–Trinajstić information content (AvgIpc) is 2.81. The zero-order chi connectivity index (χ0) is 14.8. The molecule has 1 N–H and O–H groups in total. The Morgan fingerprint density at radius 1 is 1.19 bits per heavy atom. The van der Waals surface area contributed by atoms with E-state index in [9.17, 15) is 0 Å². The van der Waals surface area contributed by atoms with E-state index in [-0.39, 0.29) is 0 Å². The van der Waals surface area contributed by atoms with Gasteiger partial charge in [-0.15, -0.1) is 0 Å².